The number of aryl methyl sites for hydroxylation is 1. The van der Waals surface area contributed by atoms with Gasteiger partial charge < -0.3 is 10.6 Å². The first-order chi connectivity index (χ1) is 12.6. The Kier molecular flexibility index (Phi) is 5.40. The summed E-state index contributed by atoms with van der Waals surface area (Å²) in [6, 6.07) is 17.5. The lowest BCUT2D eigenvalue weighted by atomic mass is 10.1. The van der Waals surface area contributed by atoms with Crippen molar-refractivity contribution in [2.45, 2.75) is 13.3 Å². The summed E-state index contributed by atoms with van der Waals surface area (Å²) in [6.45, 7) is 2.58. The molecule has 0 atom stereocenters. The predicted molar refractivity (Wildman–Crippen MR) is 99.8 cm³/mol. The van der Waals surface area contributed by atoms with Crippen LogP contribution in [0.1, 0.15) is 16.8 Å². The molecule has 0 fully saturated rings. The minimum atomic E-state index is -0.230. The van der Waals surface area contributed by atoms with Gasteiger partial charge in [-0.25, -0.2) is 9.37 Å². The Balaban J connectivity index is 1.63. The van der Waals surface area contributed by atoms with Crippen LogP contribution in [0.4, 0.5) is 21.8 Å². The lowest BCUT2D eigenvalue weighted by molar-refractivity contribution is 0.627. The van der Waals surface area contributed by atoms with Crippen LogP contribution in [-0.2, 0) is 6.42 Å². The van der Waals surface area contributed by atoms with Crippen LogP contribution in [0.5, 0.6) is 0 Å². The van der Waals surface area contributed by atoms with E-state index in [9.17, 15) is 4.39 Å². The molecule has 6 heteroatoms. The molecule has 0 saturated heterocycles. The first-order valence-electron chi connectivity index (χ1n) is 8.23. The highest BCUT2D eigenvalue weighted by Gasteiger charge is 2.03. The van der Waals surface area contributed by atoms with Gasteiger partial charge in [-0.15, -0.1) is 0 Å². The van der Waals surface area contributed by atoms with Gasteiger partial charge in [0.15, 0.2) is 0 Å². The van der Waals surface area contributed by atoms with Crippen LogP contribution in [0.3, 0.4) is 0 Å². The van der Waals surface area contributed by atoms with E-state index in [2.05, 4.69) is 26.7 Å². The second-order valence-corrected chi connectivity index (χ2v) is 5.84. The summed E-state index contributed by atoms with van der Waals surface area (Å²) in [6.07, 6.45) is 0.766. The quantitative estimate of drug-likeness (QED) is 0.699. The van der Waals surface area contributed by atoms with Gasteiger partial charge in [-0.1, -0.05) is 12.1 Å². The average Bonchev–Trinajstić information content (AvgIpc) is 2.64. The molecule has 0 radical (unpaired) electrons. The number of nitriles is 1. The van der Waals surface area contributed by atoms with E-state index in [1.165, 1.54) is 12.1 Å². The first kappa shape index (κ1) is 17.4. The zero-order valence-electron chi connectivity index (χ0n) is 14.3. The zero-order chi connectivity index (χ0) is 18.4. The van der Waals surface area contributed by atoms with Crippen LogP contribution in [0.15, 0.2) is 54.6 Å². The largest absolute Gasteiger partial charge is 0.370 e. The second kappa shape index (κ2) is 8.08. The summed E-state index contributed by atoms with van der Waals surface area (Å²) in [5.74, 6) is 0.974. The molecule has 5 nitrogen and oxygen atoms in total. The van der Waals surface area contributed by atoms with Crippen molar-refractivity contribution in [1.29, 1.82) is 5.26 Å². The van der Waals surface area contributed by atoms with Gasteiger partial charge in [0.25, 0.3) is 0 Å². The highest BCUT2D eigenvalue weighted by Crippen LogP contribution is 2.16. The Hall–Kier alpha value is -3.46. The van der Waals surface area contributed by atoms with E-state index in [0.29, 0.717) is 18.1 Å². The predicted octanol–water partition coefficient (Wildman–Crippen LogP) is 4.19. The Bertz CT molecular complexity index is 914. The average molecular weight is 347 g/mol. The number of halogens is 1. The number of nitrogens with one attached hydrogen (secondary N) is 2. The van der Waals surface area contributed by atoms with Crippen molar-refractivity contribution in [2.75, 3.05) is 17.2 Å². The molecule has 0 bridgehead atoms. The molecule has 0 aliphatic rings. The third kappa shape index (κ3) is 4.77. The Morgan fingerprint density at radius 1 is 1.04 bits per heavy atom. The lowest BCUT2D eigenvalue weighted by Gasteiger charge is -2.10. The topological polar surface area (TPSA) is 73.6 Å². The molecule has 2 N–H and O–H groups in total. The van der Waals surface area contributed by atoms with Gasteiger partial charge in [-0.2, -0.15) is 10.2 Å². The Morgan fingerprint density at radius 2 is 1.77 bits per heavy atom. The molecule has 0 aliphatic carbocycles. The van der Waals surface area contributed by atoms with Crippen molar-refractivity contribution in [3.63, 3.8) is 0 Å². The van der Waals surface area contributed by atoms with Gasteiger partial charge in [0.2, 0.25) is 5.95 Å². The molecule has 0 amide bonds. The molecule has 0 unspecified atom stereocenters. The lowest BCUT2D eigenvalue weighted by Crippen LogP contribution is -2.08. The van der Waals surface area contributed by atoms with E-state index >= 15 is 0 Å². The van der Waals surface area contributed by atoms with Crippen molar-refractivity contribution in [3.8, 4) is 6.07 Å². The molecule has 0 spiro atoms. The highest BCUT2D eigenvalue weighted by molar-refractivity contribution is 5.56. The van der Waals surface area contributed by atoms with Crippen LogP contribution in [0, 0.1) is 24.1 Å². The SMILES string of the molecule is Cc1cc(NCCc2ccc(F)cc2)nc(Nc2ccc(C#N)cc2)n1. The Labute approximate surface area is 151 Å². The molecule has 0 aliphatic heterocycles. The van der Waals surface area contributed by atoms with Crippen molar-refractivity contribution < 1.29 is 4.39 Å². The first-order valence-corrected chi connectivity index (χ1v) is 8.23. The van der Waals surface area contributed by atoms with E-state index in [4.69, 9.17) is 5.26 Å². The van der Waals surface area contributed by atoms with Crippen LogP contribution >= 0.6 is 0 Å². The van der Waals surface area contributed by atoms with E-state index in [1.807, 2.05) is 25.1 Å². The molecule has 3 aromatic rings. The molecule has 1 heterocycles. The van der Waals surface area contributed by atoms with Gasteiger partial charge in [0.05, 0.1) is 11.6 Å². The van der Waals surface area contributed by atoms with Gasteiger partial charge in [-0.3, -0.25) is 0 Å². The molecule has 0 saturated carbocycles. The fraction of sp³-hybridized carbons (Fsp3) is 0.150. The molecule has 130 valence electrons. The standard InChI is InChI=1S/C20H18FN5/c1-14-12-19(23-11-10-15-2-6-17(21)7-3-15)26-20(24-14)25-18-8-4-16(13-22)5-9-18/h2-9,12H,10-11H2,1H3,(H2,23,24,25,26). The summed E-state index contributed by atoms with van der Waals surface area (Å²) in [5, 5.41) is 15.2. The van der Waals surface area contributed by atoms with Crippen LogP contribution < -0.4 is 10.6 Å². The van der Waals surface area contributed by atoms with E-state index in [0.717, 1.165) is 29.2 Å². The van der Waals surface area contributed by atoms with Crippen molar-refractivity contribution in [1.82, 2.24) is 9.97 Å². The number of benzene rings is 2. The van der Waals surface area contributed by atoms with Gasteiger partial charge in [0, 0.05) is 24.0 Å². The smallest absolute Gasteiger partial charge is 0.229 e. The van der Waals surface area contributed by atoms with Crippen LogP contribution in [0.2, 0.25) is 0 Å². The summed E-state index contributed by atoms with van der Waals surface area (Å²) in [4.78, 5) is 8.84. The molecular weight excluding hydrogens is 329 g/mol. The van der Waals surface area contributed by atoms with Gasteiger partial charge >= 0.3 is 0 Å². The maximum Gasteiger partial charge on any atom is 0.229 e. The monoisotopic (exact) mass is 347 g/mol. The number of nitrogens with zero attached hydrogens (tertiary/aromatic N) is 3. The number of rotatable bonds is 6. The molecule has 1 aromatic heterocycles. The maximum atomic E-state index is 12.9. The number of anilines is 3. The number of aromatic nitrogens is 2. The minimum Gasteiger partial charge on any atom is -0.370 e. The third-order valence-corrected chi connectivity index (χ3v) is 3.76. The highest BCUT2D eigenvalue weighted by atomic mass is 19.1. The van der Waals surface area contributed by atoms with Crippen molar-refractivity contribution in [3.05, 3.63) is 77.2 Å². The third-order valence-electron chi connectivity index (χ3n) is 3.76. The summed E-state index contributed by atoms with van der Waals surface area (Å²) in [5.41, 5.74) is 3.30. The second-order valence-electron chi connectivity index (χ2n) is 5.84. The van der Waals surface area contributed by atoms with E-state index in [1.54, 1.807) is 24.3 Å². The van der Waals surface area contributed by atoms with Crippen molar-refractivity contribution >= 4 is 17.5 Å². The van der Waals surface area contributed by atoms with Gasteiger partial charge in [0.1, 0.15) is 11.6 Å². The number of hydrogen-bond donors (Lipinski definition) is 2. The van der Waals surface area contributed by atoms with Crippen LogP contribution in [0.25, 0.3) is 0 Å². The molecule has 3 rings (SSSR count). The van der Waals surface area contributed by atoms with Gasteiger partial charge in [-0.05, 0) is 55.3 Å². The normalized spacial score (nSPS) is 10.2. The molecular formula is C20H18FN5. The van der Waals surface area contributed by atoms with E-state index < -0.39 is 0 Å². The maximum absolute atomic E-state index is 12.9. The molecule has 2 aromatic carbocycles. The summed E-state index contributed by atoms with van der Waals surface area (Å²) < 4.78 is 12.9. The molecule has 26 heavy (non-hydrogen) atoms. The minimum absolute atomic E-state index is 0.230. The fourth-order valence-electron chi connectivity index (χ4n) is 2.46. The summed E-state index contributed by atoms with van der Waals surface area (Å²) >= 11 is 0. The summed E-state index contributed by atoms with van der Waals surface area (Å²) in [7, 11) is 0. The van der Waals surface area contributed by atoms with E-state index in [-0.39, 0.29) is 5.82 Å². The van der Waals surface area contributed by atoms with Crippen molar-refractivity contribution in [2.24, 2.45) is 0 Å². The fourth-order valence-corrected chi connectivity index (χ4v) is 2.46. The Morgan fingerprint density at radius 3 is 2.46 bits per heavy atom. The number of hydrogen-bond acceptors (Lipinski definition) is 5. The van der Waals surface area contributed by atoms with Crippen LogP contribution in [-0.4, -0.2) is 16.5 Å². The zero-order valence-corrected chi connectivity index (χ0v) is 14.3.